The Bertz CT molecular complexity index is 289. The summed E-state index contributed by atoms with van der Waals surface area (Å²) in [6.07, 6.45) is 2.93. The molecule has 72 valence electrons. The van der Waals surface area contributed by atoms with Gasteiger partial charge in [-0.25, -0.2) is 4.39 Å². The van der Waals surface area contributed by atoms with Crippen molar-refractivity contribution < 1.29 is 9.50 Å². The third kappa shape index (κ3) is 2.47. The van der Waals surface area contributed by atoms with E-state index < -0.39 is 11.4 Å². The van der Waals surface area contributed by atoms with E-state index in [9.17, 15) is 9.50 Å². The molecule has 0 bridgehead atoms. The highest BCUT2D eigenvalue weighted by Crippen LogP contribution is 2.23. The number of nitrogens with zero attached hydrogens (tertiary/aromatic N) is 1. The Hall–Kier alpha value is -1.00. The van der Waals surface area contributed by atoms with Crippen molar-refractivity contribution in [3.05, 3.63) is 29.8 Å². The van der Waals surface area contributed by atoms with Gasteiger partial charge in [0.25, 0.3) is 0 Å². The lowest BCUT2D eigenvalue weighted by atomic mass is 9.94. The standard InChI is InChI=1S/C9H13FN2O/c1-9(13,2-3-11)7-4-8(10)6-12-5-7/h4-6,13H,2-3,11H2,1H3. The third-order valence-corrected chi connectivity index (χ3v) is 1.96. The lowest BCUT2D eigenvalue weighted by molar-refractivity contribution is 0.0497. The number of pyridine rings is 1. The molecule has 1 unspecified atom stereocenters. The van der Waals surface area contributed by atoms with E-state index in [0.29, 0.717) is 18.5 Å². The molecule has 0 fully saturated rings. The van der Waals surface area contributed by atoms with E-state index >= 15 is 0 Å². The fourth-order valence-corrected chi connectivity index (χ4v) is 1.13. The van der Waals surface area contributed by atoms with Gasteiger partial charge in [-0.1, -0.05) is 0 Å². The van der Waals surface area contributed by atoms with Gasteiger partial charge in [0.05, 0.1) is 11.8 Å². The van der Waals surface area contributed by atoms with Crippen LogP contribution in [-0.4, -0.2) is 16.6 Å². The maximum Gasteiger partial charge on any atom is 0.141 e. The zero-order valence-corrected chi connectivity index (χ0v) is 7.50. The van der Waals surface area contributed by atoms with Gasteiger partial charge in [0.15, 0.2) is 0 Å². The molecule has 13 heavy (non-hydrogen) atoms. The quantitative estimate of drug-likeness (QED) is 0.729. The summed E-state index contributed by atoms with van der Waals surface area (Å²) in [5.41, 5.74) is 4.68. The van der Waals surface area contributed by atoms with E-state index in [1.165, 1.54) is 12.3 Å². The number of halogens is 1. The van der Waals surface area contributed by atoms with Crippen molar-refractivity contribution in [2.75, 3.05) is 6.54 Å². The number of aliphatic hydroxyl groups is 1. The Morgan fingerprint density at radius 3 is 2.85 bits per heavy atom. The minimum absolute atomic E-state index is 0.351. The molecule has 3 N–H and O–H groups in total. The van der Waals surface area contributed by atoms with Gasteiger partial charge in [-0.2, -0.15) is 0 Å². The second kappa shape index (κ2) is 3.81. The summed E-state index contributed by atoms with van der Waals surface area (Å²) >= 11 is 0. The maximum absolute atomic E-state index is 12.7. The topological polar surface area (TPSA) is 59.1 Å². The van der Waals surface area contributed by atoms with Crippen molar-refractivity contribution in [1.82, 2.24) is 4.98 Å². The predicted octanol–water partition coefficient (Wildman–Crippen LogP) is 0.777. The summed E-state index contributed by atoms with van der Waals surface area (Å²) in [7, 11) is 0. The van der Waals surface area contributed by atoms with Gasteiger partial charge in [-0.3, -0.25) is 4.98 Å². The second-order valence-electron chi connectivity index (χ2n) is 3.20. The second-order valence-corrected chi connectivity index (χ2v) is 3.20. The summed E-state index contributed by atoms with van der Waals surface area (Å²) in [4.78, 5) is 3.66. The van der Waals surface area contributed by atoms with Crippen LogP contribution in [0.1, 0.15) is 18.9 Å². The zero-order valence-electron chi connectivity index (χ0n) is 7.50. The molecule has 0 spiro atoms. The van der Waals surface area contributed by atoms with Crippen LogP contribution in [0.2, 0.25) is 0 Å². The van der Waals surface area contributed by atoms with Crippen LogP contribution in [-0.2, 0) is 5.60 Å². The van der Waals surface area contributed by atoms with E-state index in [4.69, 9.17) is 5.73 Å². The van der Waals surface area contributed by atoms with Gasteiger partial charge in [0, 0.05) is 11.8 Å². The SMILES string of the molecule is CC(O)(CCN)c1cncc(F)c1. The average Bonchev–Trinajstić information content (AvgIpc) is 2.04. The van der Waals surface area contributed by atoms with Gasteiger partial charge in [-0.05, 0) is 26.0 Å². The highest BCUT2D eigenvalue weighted by molar-refractivity contribution is 5.17. The first-order valence-corrected chi connectivity index (χ1v) is 4.10. The first-order valence-electron chi connectivity index (χ1n) is 4.10. The number of aromatic nitrogens is 1. The first kappa shape index (κ1) is 10.1. The fraction of sp³-hybridized carbons (Fsp3) is 0.444. The Labute approximate surface area is 76.4 Å². The Morgan fingerprint density at radius 1 is 1.62 bits per heavy atom. The normalized spacial score (nSPS) is 15.4. The van der Waals surface area contributed by atoms with E-state index in [2.05, 4.69) is 4.98 Å². The minimum Gasteiger partial charge on any atom is -0.385 e. The molecule has 0 aliphatic heterocycles. The van der Waals surface area contributed by atoms with Gasteiger partial charge in [0.2, 0.25) is 0 Å². The van der Waals surface area contributed by atoms with E-state index in [-0.39, 0.29) is 0 Å². The largest absolute Gasteiger partial charge is 0.385 e. The van der Waals surface area contributed by atoms with Crippen molar-refractivity contribution in [2.24, 2.45) is 5.73 Å². The summed E-state index contributed by atoms with van der Waals surface area (Å²) in [6.45, 7) is 1.94. The molecule has 0 aliphatic rings. The lowest BCUT2D eigenvalue weighted by Gasteiger charge is -2.22. The summed E-state index contributed by atoms with van der Waals surface area (Å²) in [5.74, 6) is -0.449. The van der Waals surface area contributed by atoms with Gasteiger partial charge >= 0.3 is 0 Å². The molecule has 0 amide bonds. The molecule has 1 aromatic rings. The minimum atomic E-state index is -1.09. The van der Waals surface area contributed by atoms with Crippen molar-refractivity contribution in [3.8, 4) is 0 Å². The Balaban J connectivity index is 2.93. The molecule has 1 aromatic heterocycles. The van der Waals surface area contributed by atoms with Gasteiger partial charge < -0.3 is 10.8 Å². The lowest BCUT2D eigenvalue weighted by Crippen LogP contribution is -2.25. The van der Waals surface area contributed by atoms with E-state index in [1.807, 2.05) is 0 Å². The van der Waals surface area contributed by atoms with Crippen molar-refractivity contribution >= 4 is 0 Å². The molecule has 1 atom stereocenters. The third-order valence-electron chi connectivity index (χ3n) is 1.96. The van der Waals surface area contributed by atoms with E-state index in [1.54, 1.807) is 6.92 Å². The number of rotatable bonds is 3. The van der Waals surface area contributed by atoms with Crippen LogP contribution in [0.4, 0.5) is 4.39 Å². The van der Waals surface area contributed by atoms with Crippen LogP contribution in [0.5, 0.6) is 0 Å². The molecule has 0 saturated heterocycles. The van der Waals surface area contributed by atoms with Crippen LogP contribution in [0, 0.1) is 5.82 Å². The summed E-state index contributed by atoms with van der Waals surface area (Å²) < 4.78 is 12.7. The smallest absolute Gasteiger partial charge is 0.141 e. The van der Waals surface area contributed by atoms with E-state index in [0.717, 1.165) is 6.20 Å². The Morgan fingerprint density at radius 2 is 2.31 bits per heavy atom. The van der Waals surface area contributed by atoms with Crippen molar-refractivity contribution in [1.29, 1.82) is 0 Å². The van der Waals surface area contributed by atoms with Crippen LogP contribution in [0.25, 0.3) is 0 Å². The average molecular weight is 184 g/mol. The van der Waals surface area contributed by atoms with Gasteiger partial charge in [-0.15, -0.1) is 0 Å². The Kier molecular flexibility index (Phi) is 2.95. The molecular weight excluding hydrogens is 171 g/mol. The molecule has 0 saturated carbocycles. The molecular formula is C9H13FN2O. The monoisotopic (exact) mass is 184 g/mol. The molecule has 1 heterocycles. The molecule has 0 radical (unpaired) electrons. The number of hydrogen-bond acceptors (Lipinski definition) is 3. The summed E-state index contributed by atoms with van der Waals surface area (Å²) in [5, 5.41) is 9.82. The summed E-state index contributed by atoms with van der Waals surface area (Å²) in [6, 6.07) is 1.27. The fourth-order valence-electron chi connectivity index (χ4n) is 1.13. The molecule has 3 nitrogen and oxygen atoms in total. The van der Waals surface area contributed by atoms with Gasteiger partial charge in [0.1, 0.15) is 5.82 Å². The van der Waals surface area contributed by atoms with Crippen molar-refractivity contribution in [2.45, 2.75) is 18.9 Å². The molecule has 4 heteroatoms. The van der Waals surface area contributed by atoms with Crippen molar-refractivity contribution in [3.63, 3.8) is 0 Å². The molecule has 0 aromatic carbocycles. The highest BCUT2D eigenvalue weighted by Gasteiger charge is 2.22. The first-order chi connectivity index (χ1) is 6.06. The zero-order chi connectivity index (χ0) is 9.90. The van der Waals surface area contributed by atoms with Crippen LogP contribution < -0.4 is 5.73 Å². The molecule has 1 rings (SSSR count). The number of hydrogen-bond donors (Lipinski definition) is 2. The number of nitrogens with two attached hydrogens (primary N) is 1. The van der Waals surface area contributed by atoms with Crippen LogP contribution >= 0.6 is 0 Å². The maximum atomic E-state index is 12.7. The predicted molar refractivity (Wildman–Crippen MR) is 47.4 cm³/mol. The highest BCUT2D eigenvalue weighted by atomic mass is 19.1. The molecule has 0 aliphatic carbocycles. The van der Waals surface area contributed by atoms with Crippen LogP contribution in [0.3, 0.4) is 0 Å². The van der Waals surface area contributed by atoms with Crippen LogP contribution in [0.15, 0.2) is 18.5 Å².